The van der Waals surface area contributed by atoms with Gasteiger partial charge in [-0.2, -0.15) is 0 Å². The molecule has 3 nitrogen and oxygen atoms in total. The van der Waals surface area contributed by atoms with Crippen LogP contribution < -0.4 is 10.6 Å². The molecule has 1 aliphatic heterocycles. The number of carbonyl (C=O) groups is 1. The predicted octanol–water partition coefficient (Wildman–Crippen LogP) is 3.28. The zero-order chi connectivity index (χ0) is 12.6. The summed E-state index contributed by atoms with van der Waals surface area (Å²) in [6, 6.07) is 4.44. The second-order valence-corrected chi connectivity index (χ2v) is 5.27. The van der Waals surface area contributed by atoms with Gasteiger partial charge in [0.1, 0.15) is 11.4 Å². The van der Waals surface area contributed by atoms with Gasteiger partial charge < -0.3 is 10.6 Å². The van der Waals surface area contributed by atoms with E-state index in [-0.39, 0.29) is 11.7 Å². The Hall–Kier alpha value is -1.58. The fourth-order valence-corrected chi connectivity index (χ4v) is 2.97. The van der Waals surface area contributed by atoms with Crippen molar-refractivity contribution in [3.05, 3.63) is 24.0 Å². The molecule has 1 aromatic carbocycles. The molecule has 18 heavy (non-hydrogen) atoms. The minimum Gasteiger partial charge on any atom is -0.369 e. The van der Waals surface area contributed by atoms with Crippen LogP contribution in [0.5, 0.6) is 0 Å². The number of benzene rings is 1. The largest absolute Gasteiger partial charge is 0.369 e. The van der Waals surface area contributed by atoms with Crippen LogP contribution in [0.2, 0.25) is 0 Å². The monoisotopic (exact) mass is 248 g/mol. The van der Waals surface area contributed by atoms with Crippen molar-refractivity contribution in [1.29, 1.82) is 0 Å². The molecule has 2 aliphatic rings. The Balaban J connectivity index is 1.96. The lowest BCUT2D eigenvalue weighted by Crippen LogP contribution is -2.52. The number of anilines is 2. The summed E-state index contributed by atoms with van der Waals surface area (Å²) in [5.41, 5.74) is 0.852. The molecule has 1 aromatic rings. The van der Waals surface area contributed by atoms with E-state index in [4.69, 9.17) is 0 Å². The van der Waals surface area contributed by atoms with Crippen molar-refractivity contribution in [1.82, 2.24) is 0 Å². The van der Waals surface area contributed by atoms with Gasteiger partial charge in [0.2, 0.25) is 5.91 Å². The van der Waals surface area contributed by atoms with Crippen LogP contribution in [-0.2, 0) is 4.79 Å². The summed E-state index contributed by atoms with van der Waals surface area (Å²) < 4.78 is 13.3. The number of carbonyl (C=O) groups excluding carboxylic acids is 1. The molecule has 0 aromatic heterocycles. The van der Waals surface area contributed by atoms with Gasteiger partial charge in [-0.15, -0.1) is 0 Å². The standard InChI is InChI=1S/C14H17FN2O/c15-10-5-6-11-12(9-10)17-14(13(18)16-11)7-3-1-2-4-8-14/h5-6,9,17H,1-4,7-8H2,(H,16,18). The highest BCUT2D eigenvalue weighted by molar-refractivity contribution is 6.06. The highest BCUT2D eigenvalue weighted by atomic mass is 19.1. The maximum atomic E-state index is 13.3. The lowest BCUT2D eigenvalue weighted by molar-refractivity contribution is -0.121. The Morgan fingerprint density at radius 3 is 2.50 bits per heavy atom. The molecule has 1 spiro atoms. The molecule has 3 rings (SSSR count). The number of amides is 1. The van der Waals surface area contributed by atoms with E-state index in [9.17, 15) is 9.18 Å². The van der Waals surface area contributed by atoms with E-state index >= 15 is 0 Å². The lowest BCUT2D eigenvalue weighted by Gasteiger charge is -2.38. The third-order valence-electron chi connectivity index (χ3n) is 4.00. The van der Waals surface area contributed by atoms with Gasteiger partial charge in [-0.25, -0.2) is 4.39 Å². The maximum Gasteiger partial charge on any atom is 0.250 e. The first kappa shape index (κ1) is 11.5. The normalized spacial score (nSPS) is 21.7. The summed E-state index contributed by atoms with van der Waals surface area (Å²) >= 11 is 0. The second-order valence-electron chi connectivity index (χ2n) is 5.27. The molecular weight excluding hydrogens is 231 g/mol. The van der Waals surface area contributed by atoms with Gasteiger partial charge >= 0.3 is 0 Å². The van der Waals surface area contributed by atoms with E-state index in [1.165, 1.54) is 25.0 Å². The van der Waals surface area contributed by atoms with Crippen LogP contribution in [-0.4, -0.2) is 11.4 Å². The summed E-state index contributed by atoms with van der Waals surface area (Å²) in [4.78, 5) is 12.3. The van der Waals surface area contributed by atoms with E-state index in [1.54, 1.807) is 6.07 Å². The molecule has 2 N–H and O–H groups in total. The van der Waals surface area contributed by atoms with Crippen LogP contribution in [0.25, 0.3) is 0 Å². The van der Waals surface area contributed by atoms with Gasteiger partial charge in [-0.05, 0) is 31.0 Å². The van der Waals surface area contributed by atoms with Crippen molar-refractivity contribution in [3.8, 4) is 0 Å². The lowest BCUT2D eigenvalue weighted by atomic mass is 9.87. The Kier molecular flexibility index (Phi) is 2.73. The van der Waals surface area contributed by atoms with E-state index in [2.05, 4.69) is 10.6 Å². The van der Waals surface area contributed by atoms with Gasteiger partial charge in [-0.3, -0.25) is 4.79 Å². The first-order valence-electron chi connectivity index (χ1n) is 6.59. The van der Waals surface area contributed by atoms with Gasteiger partial charge in [0.15, 0.2) is 0 Å². The first-order valence-corrected chi connectivity index (χ1v) is 6.59. The van der Waals surface area contributed by atoms with Gasteiger partial charge in [0, 0.05) is 0 Å². The van der Waals surface area contributed by atoms with Gasteiger partial charge in [0.05, 0.1) is 11.4 Å². The SMILES string of the molecule is O=C1Nc2ccc(F)cc2NC12CCCCCC2. The zero-order valence-electron chi connectivity index (χ0n) is 10.3. The summed E-state index contributed by atoms with van der Waals surface area (Å²) in [5.74, 6) is -0.246. The highest BCUT2D eigenvalue weighted by Gasteiger charge is 2.41. The van der Waals surface area contributed by atoms with Crippen molar-refractivity contribution in [2.24, 2.45) is 0 Å². The number of hydrogen-bond acceptors (Lipinski definition) is 2. The van der Waals surface area contributed by atoms with Crippen molar-refractivity contribution in [3.63, 3.8) is 0 Å². The Bertz CT molecular complexity index is 479. The number of nitrogens with one attached hydrogen (secondary N) is 2. The molecule has 0 atom stereocenters. The number of halogens is 1. The van der Waals surface area contributed by atoms with Gasteiger partial charge in [-0.1, -0.05) is 25.7 Å². The minimum atomic E-state index is -0.530. The van der Waals surface area contributed by atoms with E-state index in [0.717, 1.165) is 25.7 Å². The Labute approximate surface area is 106 Å². The molecule has 1 amide bonds. The average molecular weight is 248 g/mol. The fourth-order valence-electron chi connectivity index (χ4n) is 2.97. The van der Waals surface area contributed by atoms with Crippen molar-refractivity contribution >= 4 is 17.3 Å². The molecular formula is C14H17FN2O. The predicted molar refractivity (Wildman–Crippen MR) is 69.1 cm³/mol. The van der Waals surface area contributed by atoms with Crippen molar-refractivity contribution in [2.45, 2.75) is 44.1 Å². The molecule has 0 saturated heterocycles. The summed E-state index contributed by atoms with van der Waals surface area (Å²) in [7, 11) is 0. The number of hydrogen-bond donors (Lipinski definition) is 2. The summed E-state index contributed by atoms with van der Waals surface area (Å²) in [5, 5.41) is 6.20. The number of rotatable bonds is 0. The highest BCUT2D eigenvalue weighted by Crippen LogP contribution is 2.38. The van der Waals surface area contributed by atoms with Crippen LogP contribution >= 0.6 is 0 Å². The average Bonchev–Trinajstić information content (AvgIpc) is 2.58. The van der Waals surface area contributed by atoms with E-state index in [1.807, 2.05) is 0 Å². The summed E-state index contributed by atoms with van der Waals surface area (Å²) in [6.45, 7) is 0. The van der Waals surface area contributed by atoms with Crippen LogP contribution in [0, 0.1) is 5.82 Å². The fraction of sp³-hybridized carbons (Fsp3) is 0.500. The Morgan fingerprint density at radius 1 is 1.06 bits per heavy atom. The molecule has 1 aliphatic carbocycles. The first-order chi connectivity index (χ1) is 8.70. The third kappa shape index (κ3) is 1.85. The smallest absolute Gasteiger partial charge is 0.250 e. The number of fused-ring (bicyclic) bond motifs is 1. The molecule has 1 heterocycles. The molecule has 0 bridgehead atoms. The van der Waals surface area contributed by atoms with Crippen LogP contribution in [0.15, 0.2) is 18.2 Å². The molecule has 0 radical (unpaired) electrons. The molecule has 4 heteroatoms. The van der Waals surface area contributed by atoms with E-state index < -0.39 is 5.54 Å². The van der Waals surface area contributed by atoms with Gasteiger partial charge in [0.25, 0.3) is 0 Å². The molecule has 0 unspecified atom stereocenters. The van der Waals surface area contributed by atoms with Crippen LogP contribution in [0.4, 0.5) is 15.8 Å². The minimum absolute atomic E-state index is 0.0310. The van der Waals surface area contributed by atoms with Crippen LogP contribution in [0.3, 0.4) is 0 Å². The van der Waals surface area contributed by atoms with E-state index in [0.29, 0.717) is 11.4 Å². The van der Waals surface area contributed by atoms with Crippen molar-refractivity contribution in [2.75, 3.05) is 10.6 Å². The quantitative estimate of drug-likeness (QED) is 0.739. The zero-order valence-corrected chi connectivity index (χ0v) is 10.3. The maximum absolute atomic E-state index is 13.3. The third-order valence-corrected chi connectivity index (χ3v) is 4.00. The Morgan fingerprint density at radius 2 is 1.78 bits per heavy atom. The molecule has 96 valence electrons. The molecule has 1 fully saturated rings. The molecule has 1 saturated carbocycles. The van der Waals surface area contributed by atoms with Crippen LogP contribution in [0.1, 0.15) is 38.5 Å². The van der Waals surface area contributed by atoms with Crippen molar-refractivity contribution < 1.29 is 9.18 Å². The second kappa shape index (κ2) is 4.26. The summed E-state index contributed by atoms with van der Waals surface area (Å²) in [6.07, 6.45) is 6.10. The topological polar surface area (TPSA) is 41.1 Å².